The Kier molecular flexibility index (Phi) is 4.22. The van der Waals surface area contributed by atoms with Crippen molar-refractivity contribution in [2.45, 2.75) is 51.4 Å². The van der Waals surface area contributed by atoms with Gasteiger partial charge in [-0.2, -0.15) is 0 Å². The molecule has 0 saturated heterocycles. The summed E-state index contributed by atoms with van der Waals surface area (Å²) in [6, 6.07) is 33.8. The second kappa shape index (κ2) is 7.29. The Hall–Kier alpha value is -4.04. The van der Waals surface area contributed by atoms with Gasteiger partial charge in [0.1, 0.15) is 0 Å². The number of hydrogen-bond donors (Lipinski definition) is 1. The molecule has 0 atom stereocenters. The Morgan fingerprint density at radius 2 is 1.32 bits per heavy atom. The molecule has 7 aromatic rings. The van der Waals surface area contributed by atoms with Crippen molar-refractivity contribution in [1.82, 2.24) is 9.55 Å². The molecule has 0 spiro atoms. The predicted molar refractivity (Wildman–Crippen MR) is 163 cm³/mol. The minimum Gasteiger partial charge on any atom is -0.354 e. The third-order valence-corrected chi connectivity index (χ3v) is 9.37. The maximum absolute atomic E-state index is 3.93. The summed E-state index contributed by atoms with van der Waals surface area (Å²) >= 11 is 0. The average molecular weight is 493 g/mol. The van der Waals surface area contributed by atoms with Crippen LogP contribution in [-0.2, 0) is 10.8 Å². The summed E-state index contributed by atoms with van der Waals surface area (Å²) in [4.78, 5) is 3.93. The summed E-state index contributed by atoms with van der Waals surface area (Å²) in [7, 11) is 0. The molecule has 8 rings (SSSR count). The molecule has 0 radical (unpaired) electrons. The highest BCUT2D eigenvalue weighted by molar-refractivity contribution is 6.28. The number of benzene rings is 5. The molecule has 0 unspecified atom stereocenters. The first kappa shape index (κ1) is 22.0. The van der Waals surface area contributed by atoms with E-state index in [-0.39, 0.29) is 10.8 Å². The van der Waals surface area contributed by atoms with Crippen molar-refractivity contribution < 1.29 is 0 Å². The van der Waals surface area contributed by atoms with Crippen LogP contribution < -0.4 is 0 Å². The van der Waals surface area contributed by atoms with Gasteiger partial charge in [-0.05, 0) is 70.5 Å². The van der Waals surface area contributed by atoms with E-state index in [4.69, 9.17) is 0 Å². The van der Waals surface area contributed by atoms with E-state index >= 15 is 0 Å². The first-order chi connectivity index (χ1) is 18.3. The minimum atomic E-state index is 0.188. The van der Waals surface area contributed by atoms with E-state index in [1.54, 1.807) is 0 Å². The van der Waals surface area contributed by atoms with E-state index < -0.39 is 0 Å². The number of H-pyrrole nitrogens is 1. The third kappa shape index (κ3) is 2.83. The number of nitrogens with zero attached hydrogens (tertiary/aromatic N) is 1. The minimum absolute atomic E-state index is 0.188. The topological polar surface area (TPSA) is 20.7 Å². The lowest BCUT2D eigenvalue weighted by Crippen LogP contribution is -2.33. The average Bonchev–Trinajstić information content (AvgIpc) is 3.46. The normalized spacial score (nSPS) is 16.6. The zero-order chi connectivity index (χ0) is 25.8. The monoisotopic (exact) mass is 492 g/mol. The molecular weight excluding hydrogens is 460 g/mol. The van der Waals surface area contributed by atoms with Gasteiger partial charge in [-0.15, -0.1) is 0 Å². The molecule has 1 aliphatic carbocycles. The SMILES string of the molecule is CC1(C)CCC(C)(C)c2cc3c(cc21)[nH]c1c3ccc2c1c1ccc3ccccc3c1n2-c1ccccc1. The van der Waals surface area contributed by atoms with E-state index in [1.807, 2.05) is 0 Å². The van der Waals surface area contributed by atoms with Crippen LogP contribution in [0.4, 0.5) is 0 Å². The van der Waals surface area contributed by atoms with Gasteiger partial charge >= 0.3 is 0 Å². The summed E-state index contributed by atoms with van der Waals surface area (Å²) in [5.41, 5.74) is 9.59. The first-order valence-corrected chi connectivity index (χ1v) is 13.8. The van der Waals surface area contributed by atoms with E-state index in [9.17, 15) is 0 Å². The summed E-state index contributed by atoms with van der Waals surface area (Å²) in [5.74, 6) is 0. The number of hydrogen-bond acceptors (Lipinski definition) is 0. The lowest BCUT2D eigenvalue weighted by atomic mass is 9.63. The van der Waals surface area contributed by atoms with Crippen LogP contribution in [0.2, 0.25) is 0 Å². The van der Waals surface area contributed by atoms with Crippen molar-refractivity contribution in [3.05, 3.63) is 102 Å². The summed E-state index contributed by atoms with van der Waals surface area (Å²) in [6.07, 6.45) is 2.45. The number of rotatable bonds is 1. The Balaban J connectivity index is 1.56. The van der Waals surface area contributed by atoms with Crippen LogP contribution in [-0.4, -0.2) is 9.55 Å². The largest absolute Gasteiger partial charge is 0.354 e. The molecule has 2 heterocycles. The molecule has 2 aromatic heterocycles. The van der Waals surface area contributed by atoms with Gasteiger partial charge in [0.15, 0.2) is 0 Å². The molecule has 0 saturated carbocycles. The van der Waals surface area contributed by atoms with Crippen molar-refractivity contribution in [2.75, 3.05) is 0 Å². The molecule has 0 fully saturated rings. The van der Waals surface area contributed by atoms with Crippen LogP contribution in [0, 0.1) is 0 Å². The molecule has 1 aliphatic rings. The van der Waals surface area contributed by atoms with Crippen molar-refractivity contribution in [3.63, 3.8) is 0 Å². The number of aromatic nitrogens is 2. The number of nitrogens with one attached hydrogen (secondary N) is 1. The highest BCUT2D eigenvalue weighted by Gasteiger charge is 2.37. The van der Waals surface area contributed by atoms with Gasteiger partial charge in [-0.25, -0.2) is 0 Å². The Morgan fingerprint density at radius 3 is 2.11 bits per heavy atom. The molecule has 0 amide bonds. The fourth-order valence-corrected chi connectivity index (χ4v) is 7.14. The van der Waals surface area contributed by atoms with Gasteiger partial charge in [0.2, 0.25) is 0 Å². The molecule has 2 nitrogen and oxygen atoms in total. The fraction of sp³-hybridized carbons (Fsp3) is 0.222. The van der Waals surface area contributed by atoms with E-state index in [1.165, 1.54) is 84.0 Å². The number of fused-ring (bicyclic) bond motifs is 10. The van der Waals surface area contributed by atoms with Crippen molar-refractivity contribution in [3.8, 4) is 5.69 Å². The van der Waals surface area contributed by atoms with Crippen LogP contribution in [0.1, 0.15) is 51.7 Å². The molecule has 2 heteroatoms. The molecule has 5 aromatic carbocycles. The third-order valence-electron chi connectivity index (χ3n) is 9.37. The summed E-state index contributed by atoms with van der Waals surface area (Å²) in [5, 5.41) is 7.81. The van der Waals surface area contributed by atoms with Gasteiger partial charge < -0.3 is 9.55 Å². The standard InChI is InChI=1S/C36H32N2/c1-35(2)18-19-36(3,4)29-21-30-27(20-28(29)35)25-16-17-31-32(33(25)37-30)26-15-14-22-10-8-9-13-24(22)34(26)38(31)23-11-6-5-7-12-23/h5-17,20-21,37H,18-19H2,1-4H3. The molecule has 1 N–H and O–H groups in total. The van der Waals surface area contributed by atoms with E-state index in [2.05, 4.69) is 128 Å². The quantitative estimate of drug-likeness (QED) is 0.235. The highest BCUT2D eigenvalue weighted by atomic mass is 15.0. The van der Waals surface area contributed by atoms with Crippen LogP contribution in [0.5, 0.6) is 0 Å². The Labute approximate surface area is 222 Å². The Bertz CT molecular complexity index is 2070. The van der Waals surface area contributed by atoms with E-state index in [0.717, 1.165) is 0 Å². The second-order valence-corrected chi connectivity index (χ2v) is 12.6. The van der Waals surface area contributed by atoms with Gasteiger partial charge in [0, 0.05) is 38.1 Å². The highest BCUT2D eigenvalue weighted by Crippen LogP contribution is 2.48. The lowest BCUT2D eigenvalue weighted by molar-refractivity contribution is 0.332. The van der Waals surface area contributed by atoms with Crippen LogP contribution in [0.3, 0.4) is 0 Å². The maximum atomic E-state index is 3.93. The zero-order valence-corrected chi connectivity index (χ0v) is 22.5. The lowest BCUT2D eigenvalue weighted by Gasteiger charge is -2.41. The van der Waals surface area contributed by atoms with Gasteiger partial charge in [-0.1, -0.05) is 88.4 Å². The molecule has 0 bridgehead atoms. The second-order valence-electron chi connectivity index (χ2n) is 12.6. The fourth-order valence-electron chi connectivity index (χ4n) is 7.14. The van der Waals surface area contributed by atoms with Gasteiger partial charge in [0.25, 0.3) is 0 Å². The van der Waals surface area contributed by atoms with Crippen LogP contribution in [0.15, 0.2) is 91.0 Å². The maximum Gasteiger partial charge on any atom is 0.0620 e. The number of para-hydroxylation sites is 1. The van der Waals surface area contributed by atoms with Crippen molar-refractivity contribution in [2.24, 2.45) is 0 Å². The molecule has 0 aliphatic heterocycles. The molecule has 186 valence electrons. The molecule has 38 heavy (non-hydrogen) atoms. The summed E-state index contributed by atoms with van der Waals surface area (Å²) < 4.78 is 2.45. The zero-order valence-electron chi connectivity index (χ0n) is 22.5. The van der Waals surface area contributed by atoms with E-state index in [0.29, 0.717) is 0 Å². The van der Waals surface area contributed by atoms with Gasteiger partial charge in [0.05, 0.1) is 16.6 Å². The van der Waals surface area contributed by atoms with Crippen molar-refractivity contribution >= 4 is 54.4 Å². The predicted octanol–water partition coefficient (Wildman–Crippen LogP) is 9.92. The van der Waals surface area contributed by atoms with Crippen molar-refractivity contribution in [1.29, 1.82) is 0 Å². The van der Waals surface area contributed by atoms with Gasteiger partial charge in [-0.3, -0.25) is 0 Å². The smallest absolute Gasteiger partial charge is 0.0620 e. The van der Waals surface area contributed by atoms with Crippen LogP contribution >= 0.6 is 0 Å². The number of aromatic amines is 1. The first-order valence-electron chi connectivity index (χ1n) is 13.8. The van der Waals surface area contributed by atoms with Crippen LogP contribution in [0.25, 0.3) is 60.1 Å². The summed E-state index contributed by atoms with van der Waals surface area (Å²) in [6.45, 7) is 9.65. The Morgan fingerprint density at radius 1 is 0.632 bits per heavy atom. The molecular formula is C36H32N2.